The first-order chi connectivity index (χ1) is 22.3. The zero-order valence-corrected chi connectivity index (χ0v) is 30.3. The van der Waals surface area contributed by atoms with Gasteiger partial charge in [0.15, 0.2) is 15.6 Å². The van der Waals surface area contributed by atoms with Gasteiger partial charge in [0.05, 0.1) is 17.0 Å². The highest BCUT2D eigenvalue weighted by atomic mass is 32.2. The van der Waals surface area contributed by atoms with Crippen molar-refractivity contribution in [3.05, 3.63) is 0 Å². The second kappa shape index (κ2) is 24.7. The van der Waals surface area contributed by atoms with Gasteiger partial charge in [-0.05, 0) is 64.5 Å². The molecule has 0 saturated heterocycles. The third-order valence-corrected chi connectivity index (χ3v) is 10.4. The lowest BCUT2D eigenvalue weighted by molar-refractivity contribution is -0.129. The maximum Gasteiger partial charge on any atom is 0.220 e. The Bertz CT molecular complexity index is 1110. The van der Waals surface area contributed by atoms with E-state index >= 15 is 0 Å². The second-order valence-electron chi connectivity index (χ2n) is 13.9. The van der Waals surface area contributed by atoms with Crippen molar-refractivity contribution < 1.29 is 27.6 Å². The van der Waals surface area contributed by atoms with Crippen LogP contribution in [0.5, 0.6) is 0 Å². The van der Waals surface area contributed by atoms with Gasteiger partial charge in [0.25, 0.3) is 0 Å². The largest absolute Gasteiger partial charge is 0.356 e. The summed E-state index contributed by atoms with van der Waals surface area (Å²) in [4.78, 5) is 48.4. The van der Waals surface area contributed by atoms with Gasteiger partial charge in [-0.1, -0.05) is 77.0 Å². The van der Waals surface area contributed by atoms with Crippen molar-refractivity contribution in [1.29, 1.82) is 0 Å². The average molecular weight is 682 g/mol. The molecule has 1 rings (SSSR count). The Hall–Kier alpha value is -2.34. The van der Waals surface area contributed by atoms with E-state index in [2.05, 4.69) is 20.8 Å². The summed E-state index contributed by atoms with van der Waals surface area (Å²) in [6.45, 7) is 5.84. The summed E-state index contributed by atoms with van der Waals surface area (Å²) >= 11 is 0. The maximum atomic E-state index is 12.4. The molecule has 0 fully saturated rings. The Kier molecular flexibility index (Phi) is 22.5. The van der Waals surface area contributed by atoms with E-state index in [1.165, 1.54) is 64.7 Å². The van der Waals surface area contributed by atoms with Gasteiger partial charge in [0.2, 0.25) is 5.91 Å². The number of hydrogen-bond donors (Lipinski definition) is 2. The van der Waals surface area contributed by atoms with Crippen molar-refractivity contribution in [2.45, 2.75) is 161 Å². The van der Waals surface area contributed by atoms with E-state index < -0.39 is 21.1 Å². The standard InChI is InChI=1S/C35H63N5O6S/c1-29(41)30(26-33(43)35(2,3)36)20-17-18-24-37-34(44)23-19-25-47(45,46)28-32(42)22-16-14-12-10-8-6-4-5-7-9-11-13-15-21-31-27-38-40-39-31/h30H,4-28,36H2,1-3H3,(H,37,44)/t30-/m1/s1. The quantitative estimate of drug-likeness (QED) is 0.0773. The summed E-state index contributed by atoms with van der Waals surface area (Å²) in [6, 6.07) is 0. The lowest BCUT2D eigenvalue weighted by atomic mass is 9.87. The number of carbonyl (C=O) groups excluding carboxylic acids is 4. The molecule has 0 aromatic heterocycles. The molecule has 3 N–H and O–H groups in total. The van der Waals surface area contributed by atoms with E-state index in [9.17, 15) is 27.6 Å². The molecular formula is C35H63N5O6S. The molecule has 0 bridgehead atoms. The minimum Gasteiger partial charge on any atom is -0.356 e. The molecule has 1 aliphatic rings. The number of amides is 1. The van der Waals surface area contributed by atoms with Crippen molar-refractivity contribution in [3.8, 4) is 0 Å². The van der Waals surface area contributed by atoms with Crippen molar-refractivity contribution in [3.63, 3.8) is 0 Å². The SMILES string of the molecule is CC(=O)[C@H](CCCCNC(=O)CCCS(=O)(=O)CC(=O)CCCCCCCCCCCCCCCC1=NN=NC1)CC(=O)C(C)(C)N. The summed E-state index contributed by atoms with van der Waals surface area (Å²) in [6.07, 6.45) is 18.8. The molecule has 0 saturated carbocycles. The Morgan fingerprint density at radius 1 is 0.809 bits per heavy atom. The number of nitrogens with two attached hydrogens (primary N) is 1. The number of Topliss-reactive ketones (excluding diaryl/α,β-unsaturated/α-hetero) is 3. The Labute approximate surface area is 284 Å². The van der Waals surface area contributed by atoms with E-state index in [0.29, 0.717) is 38.8 Å². The first-order valence-corrected chi connectivity index (χ1v) is 19.9. The zero-order chi connectivity index (χ0) is 35.0. The lowest BCUT2D eigenvalue weighted by Gasteiger charge is -2.20. The number of rotatable bonds is 31. The molecule has 47 heavy (non-hydrogen) atoms. The molecule has 1 heterocycles. The van der Waals surface area contributed by atoms with Crippen LogP contribution in [0.1, 0.15) is 156 Å². The Balaban J connectivity index is 1.97. The highest BCUT2D eigenvalue weighted by Gasteiger charge is 2.27. The fourth-order valence-electron chi connectivity index (χ4n) is 5.57. The number of hydrogen-bond acceptors (Lipinski definition) is 10. The van der Waals surface area contributed by atoms with E-state index in [1.54, 1.807) is 13.8 Å². The Morgan fingerprint density at radius 2 is 1.38 bits per heavy atom. The van der Waals surface area contributed by atoms with Gasteiger partial charge in [0.1, 0.15) is 23.9 Å². The van der Waals surface area contributed by atoms with Gasteiger partial charge in [-0.3, -0.25) is 19.2 Å². The number of nitrogens with one attached hydrogen (secondary N) is 1. The molecule has 1 amide bonds. The number of unbranched alkanes of at least 4 members (excludes halogenated alkanes) is 13. The molecule has 1 atom stereocenters. The number of nitrogens with zero attached hydrogens (tertiary/aromatic N) is 3. The normalized spacial score (nSPS) is 13.8. The minimum atomic E-state index is -3.53. The second-order valence-corrected chi connectivity index (χ2v) is 16.1. The molecule has 1 aliphatic heterocycles. The van der Waals surface area contributed by atoms with Gasteiger partial charge >= 0.3 is 0 Å². The summed E-state index contributed by atoms with van der Waals surface area (Å²) in [5.41, 5.74) is 5.98. The van der Waals surface area contributed by atoms with Crippen molar-refractivity contribution in [2.24, 2.45) is 27.1 Å². The van der Waals surface area contributed by atoms with Crippen LogP contribution >= 0.6 is 0 Å². The highest BCUT2D eigenvalue weighted by Crippen LogP contribution is 2.18. The fraction of sp³-hybridized carbons (Fsp3) is 0.857. The first-order valence-electron chi connectivity index (χ1n) is 18.0. The topological polar surface area (TPSA) is 178 Å². The molecule has 0 radical (unpaired) electrons. The van der Waals surface area contributed by atoms with Crippen LogP contribution in [-0.4, -0.2) is 67.5 Å². The molecule has 0 aromatic carbocycles. The van der Waals surface area contributed by atoms with Crippen LogP contribution in [0.15, 0.2) is 15.4 Å². The van der Waals surface area contributed by atoms with Gasteiger partial charge < -0.3 is 11.1 Å². The van der Waals surface area contributed by atoms with Gasteiger partial charge in [-0.25, -0.2) is 8.42 Å². The third kappa shape index (κ3) is 23.6. The van der Waals surface area contributed by atoms with E-state index in [0.717, 1.165) is 37.8 Å². The number of sulfone groups is 1. The van der Waals surface area contributed by atoms with Crippen molar-refractivity contribution in [2.75, 3.05) is 24.6 Å². The van der Waals surface area contributed by atoms with Crippen LogP contribution < -0.4 is 11.1 Å². The monoisotopic (exact) mass is 681 g/mol. The highest BCUT2D eigenvalue weighted by molar-refractivity contribution is 7.92. The first kappa shape index (κ1) is 42.7. The predicted molar refractivity (Wildman–Crippen MR) is 188 cm³/mol. The van der Waals surface area contributed by atoms with E-state index in [4.69, 9.17) is 5.73 Å². The van der Waals surface area contributed by atoms with Crippen LogP contribution in [0, 0.1) is 5.92 Å². The molecule has 0 unspecified atom stereocenters. The van der Waals surface area contributed by atoms with Gasteiger partial charge in [-0.2, -0.15) is 5.11 Å². The minimum absolute atomic E-state index is 0.0443. The molecule has 0 aliphatic carbocycles. The molecule has 11 nitrogen and oxygen atoms in total. The fourth-order valence-corrected chi connectivity index (χ4v) is 6.94. The average Bonchev–Trinajstić information content (AvgIpc) is 3.51. The van der Waals surface area contributed by atoms with Crippen LogP contribution in [-0.2, 0) is 29.0 Å². The van der Waals surface area contributed by atoms with Crippen molar-refractivity contribution in [1.82, 2.24) is 5.32 Å². The number of carbonyl (C=O) groups is 4. The predicted octanol–water partition coefficient (Wildman–Crippen LogP) is 6.61. The summed E-state index contributed by atoms with van der Waals surface area (Å²) in [7, 11) is -3.53. The maximum absolute atomic E-state index is 12.4. The summed E-state index contributed by atoms with van der Waals surface area (Å²) in [5, 5.41) is 14.3. The number of ketones is 3. The summed E-state index contributed by atoms with van der Waals surface area (Å²) < 4.78 is 24.7. The van der Waals surface area contributed by atoms with Crippen LogP contribution in [0.25, 0.3) is 0 Å². The van der Waals surface area contributed by atoms with Crippen LogP contribution in [0.4, 0.5) is 0 Å². The summed E-state index contributed by atoms with van der Waals surface area (Å²) in [5.74, 6) is -1.67. The van der Waals surface area contributed by atoms with E-state index in [1.807, 2.05) is 0 Å². The molecular weight excluding hydrogens is 618 g/mol. The Morgan fingerprint density at radius 3 is 1.91 bits per heavy atom. The van der Waals surface area contributed by atoms with Crippen LogP contribution in [0.3, 0.4) is 0 Å². The smallest absolute Gasteiger partial charge is 0.220 e. The van der Waals surface area contributed by atoms with Gasteiger partial charge in [0, 0.05) is 31.7 Å². The molecule has 270 valence electrons. The lowest BCUT2D eigenvalue weighted by Crippen LogP contribution is -2.42. The van der Waals surface area contributed by atoms with Gasteiger partial charge in [-0.15, -0.1) is 5.10 Å². The molecule has 0 aromatic rings. The zero-order valence-electron chi connectivity index (χ0n) is 29.5. The van der Waals surface area contributed by atoms with Crippen LogP contribution in [0.2, 0.25) is 0 Å². The van der Waals surface area contributed by atoms with Crippen molar-refractivity contribution >= 4 is 38.8 Å². The molecule has 0 spiro atoms. The third-order valence-electron chi connectivity index (χ3n) is 8.69. The van der Waals surface area contributed by atoms with E-state index in [-0.39, 0.29) is 54.2 Å². The molecule has 12 heteroatoms.